The molecule has 0 amide bonds. The molecule has 1 aromatic rings. The summed E-state index contributed by atoms with van der Waals surface area (Å²) in [4.78, 5) is 8.38. The highest BCUT2D eigenvalue weighted by Gasteiger charge is 2.18. The van der Waals surface area contributed by atoms with Gasteiger partial charge in [0.05, 0.1) is 12.1 Å². The van der Waals surface area contributed by atoms with E-state index in [9.17, 15) is 0 Å². The van der Waals surface area contributed by atoms with Gasteiger partial charge in [-0.05, 0) is 13.8 Å². The summed E-state index contributed by atoms with van der Waals surface area (Å²) < 4.78 is 10.1. The summed E-state index contributed by atoms with van der Waals surface area (Å²) in [6.45, 7) is 4.94. The molecule has 0 aliphatic heterocycles. The number of nitrogens with zero attached hydrogens (tertiary/aromatic N) is 2. The molecule has 0 aromatic carbocycles. The van der Waals surface area contributed by atoms with Crippen LogP contribution in [-0.4, -0.2) is 36.3 Å². The van der Waals surface area contributed by atoms with Crippen molar-refractivity contribution in [1.29, 1.82) is 0 Å². The monoisotopic (exact) mass is 240 g/mol. The van der Waals surface area contributed by atoms with Crippen LogP contribution in [0, 0.1) is 0 Å². The molecule has 3 N–H and O–H groups in total. The molecule has 0 atom stereocenters. The van der Waals surface area contributed by atoms with Crippen molar-refractivity contribution >= 4 is 11.6 Å². The van der Waals surface area contributed by atoms with E-state index in [0.717, 1.165) is 0 Å². The van der Waals surface area contributed by atoms with Gasteiger partial charge in [-0.15, -0.1) is 0 Å². The molecule has 0 bridgehead atoms. The fourth-order valence-corrected chi connectivity index (χ4v) is 1.52. The van der Waals surface area contributed by atoms with E-state index in [1.165, 1.54) is 0 Å². The van der Waals surface area contributed by atoms with Crippen molar-refractivity contribution in [3.63, 3.8) is 0 Å². The number of hydrogen-bond donors (Lipinski definition) is 2. The van der Waals surface area contributed by atoms with Gasteiger partial charge in [0.25, 0.3) is 0 Å². The molecule has 96 valence electrons. The summed E-state index contributed by atoms with van der Waals surface area (Å²) in [6.07, 6.45) is 0. The second kappa shape index (κ2) is 5.79. The molecule has 6 nitrogen and oxygen atoms in total. The van der Waals surface area contributed by atoms with Gasteiger partial charge in [0.15, 0.2) is 5.82 Å². The molecule has 0 saturated heterocycles. The standard InChI is InChI=1S/C11H20N4O2/c1-11(2,7-17-4)15-9-5-8(12)13-10(14-9)6-16-3/h5H,6-7H2,1-4H3,(H3,12,13,14,15). The first-order valence-electron chi connectivity index (χ1n) is 5.36. The highest BCUT2D eigenvalue weighted by molar-refractivity contribution is 5.46. The number of methoxy groups -OCH3 is 2. The Bertz CT molecular complexity index is 368. The summed E-state index contributed by atoms with van der Waals surface area (Å²) in [7, 11) is 3.25. The number of rotatable bonds is 6. The summed E-state index contributed by atoms with van der Waals surface area (Å²) in [5, 5.41) is 3.25. The molecule has 1 rings (SSSR count). The van der Waals surface area contributed by atoms with Crippen molar-refractivity contribution in [3.05, 3.63) is 11.9 Å². The quantitative estimate of drug-likeness (QED) is 0.773. The third kappa shape index (κ3) is 4.54. The van der Waals surface area contributed by atoms with E-state index in [1.54, 1.807) is 20.3 Å². The number of ether oxygens (including phenoxy) is 2. The van der Waals surface area contributed by atoms with Crippen LogP contribution in [0.5, 0.6) is 0 Å². The Morgan fingerprint density at radius 2 is 2.00 bits per heavy atom. The van der Waals surface area contributed by atoms with Crippen molar-refractivity contribution in [2.75, 3.05) is 31.9 Å². The average Bonchev–Trinajstić information content (AvgIpc) is 2.15. The van der Waals surface area contributed by atoms with Gasteiger partial charge in [-0.2, -0.15) is 0 Å². The zero-order valence-corrected chi connectivity index (χ0v) is 10.8. The summed E-state index contributed by atoms with van der Waals surface area (Å²) in [6, 6.07) is 1.69. The Balaban J connectivity index is 2.83. The van der Waals surface area contributed by atoms with E-state index in [1.807, 2.05) is 13.8 Å². The second-order valence-electron chi connectivity index (χ2n) is 4.47. The van der Waals surface area contributed by atoms with Crippen LogP contribution in [0.3, 0.4) is 0 Å². The molecule has 0 aliphatic carbocycles. The first-order valence-corrected chi connectivity index (χ1v) is 5.36. The number of hydrogen-bond acceptors (Lipinski definition) is 6. The van der Waals surface area contributed by atoms with Crippen LogP contribution in [0.15, 0.2) is 6.07 Å². The van der Waals surface area contributed by atoms with E-state index in [0.29, 0.717) is 30.7 Å². The van der Waals surface area contributed by atoms with Crippen molar-refractivity contribution in [1.82, 2.24) is 9.97 Å². The van der Waals surface area contributed by atoms with Crippen LogP contribution in [0.4, 0.5) is 11.6 Å². The normalized spacial score (nSPS) is 11.5. The number of nitrogen functional groups attached to an aromatic ring is 1. The van der Waals surface area contributed by atoms with Gasteiger partial charge < -0.3 is 20.5 Å². The molecule has 0 aliphatic rings. The summed E-state index contributed by atoms with van der Waals surface area (Å²) in [5.74, 6) is 1.65. The van der Waals surface area contributed by atoms with E-state index in [4.69, 9.17) is 15.2 Å². The first kappa shape index (κ1) is 13.7. The number of nitrogens with one attached hydrogen (secondary N) is 1. The van der Waals surface area contributed by atoms with Crippen LogP contribution in [0.25, 0.3) is 0 Å². The van der Waals surface area contributed by atoms with Gasteiger partial charge in [-0.3, -0.25) is 0 Å². The van der Waals surface area contributed by atoms with Gasteiger partial charge in [0.2, 0.25) is 0 Å². The summed E-state index contributed by atoms with van der Waals surface area (Å²) in [5.41, 5.74) is 5.48. The van der Waals surface area contributed by atoms with Crippen LogP contribution < -0.4 is 11.1 Å². The van der Waals surface area contributed by atoms with Crippen LogP contribution in [0.1, 0.15) is 19.7 Å². The zero-order chi connectivity index (χ0) is 12.9. The van der Waals surface area contributed by atoms with E-state index >= 15 is 0 Å². The minimum Gasteiger partial charge on any atom is -0.384 e. The molecule has 1 aromatic heterocycles. The lowest BCUT2D eigenvalue weighted by molar-refractivity contribution is 0.158. The molecule has 0 fully saturated rings. The minimum absolute atomic E-state index is 0.222. The minimum atomic E-state index is -0.222. The summed E-state index contributed by atoms with van der Waals surface area (Å²) >= 11 is 0. The highest BCUT2D eigenvalue weighted by Crippen LogP contribution is 2.15. The van der Waals surface area contributed by atoms with Crippen LogP contribution in [0.2, 0.25) is 0 Å². The van der Waals surface area contributed by atoms with E-state index in [-0.39, 0.29) is 5.54 Å². The van der Waals surface area contributed by atoms with Gasteiger partial charge in [-0.1, -0.05) is 0 Å². The predicted octanol–water partition coefficient (Wildman–Crippen LogP) is 1.04. The Morgan fingerprint density at radius 3 is 2.59 bits per heavy atom. The van der Waals surface area contributed by atoms with Gasteiger partial charge >= 0.3 is 0 Å². The molecule has 0 saturated carbocycles. The van der Waals surface area contributed by atoms with Crippen LogP contribution in [-0.2, 0) is 16.1 Å². The second-order valence-corrected chi connectivity index (χ2v) is 4.47. The zero-order valence-electron chi connectivity index (χ0n) is 10.8. The number of aromatic nitrogens is 2. The third-order valence-electron chi connectivity index (χ3n) is 2.04. The van der Waals surface area contributed by atoms with Gasteiger partial charge in [0.1, 0.15) is 18.2 Å². The molecule has 0 radical (unpaired) electrons. The predicted molar refractivity (Wildman–Crippen MR) is 66.7 cm³/mol. The lowest BCUT2D eigenvalue weighted by Crippen LogP contribution is -2.36. The van der Waals surface area contributed by atoms with E-state index in [2.05, 4.69) is 15.3 Å². The van der Waals surface area contributed by atoms with Crippen LogP contribution >= 0.6 is 0 Å². The smallest absolute Gasteiger partial charge is 0.158 e. The third-order valence-corrected chi connectivity index (χ3v) is 2.04. The maximum Gasteiger partial charge on any atom is 0.158 e. The topological polar surface area (TPSA) is 82.3 Å². The van der Waals surface area contributed by atoms with Crippen molar-refractivity contribution in [2.45, 2.75) is 26.0 Å². The molecular formula is C11H20N4O2. The molecule has 6 heteroatoms. The van der Waals surface area contributed by atoms with Crippen molar-refractivity contribution < 1.29 is 9.47 Å². The SMILES string of the molecule is COCc1nc(N)cc(NC(C)(C)COC)n1. The highest BCUT2D eigenvalue weighted by atomic mass is 16.5. The number of nitrogens with two attached hydrogens (primary N) is 1. The fraction of sp³-hybridized carbons (Fsp3) is 0.636. The molecule has 0 spiro atoms. The van der Waals surface area contributed by atoms with Crippen molar-refractivity contribution in [2.24, 2.45) is 0 Å². The van der Waals surface area contributed by atoms with Gasteiger partial charge in [-0.25, -0.2) is 9.97 Å². The van der Waals surface area contributed by atoms with Crippen molar-refractivity contribution in [3.8, 4) is 0 Å². The Kier molecular flexibility index (Phi) is 4.65. The largest absolute Gasteiger partial charge is 0.384 e. The average molecular weight is 240 g/mol. The maximum absolute atomic E-state index is 5.70. The molecule has 0 unspecified atom stereocenters. The first-order chi connectivity index (χ1) is 7.96. The Morgan fingerprint density at radius 1 is 1.29 bits per heavy atom. The Hall–Kier alpha value is -1.40. The molecule has 17 heavy (non-hydrogen) atoms. The Labute approximate surface area is 102 Å². The number of anilines is 2. The lowest BCUT2D eigenvalue weighted by atomic mass is 10.1. The van der Waals surface area contributed by atoms with E-state index < -0.39 is 0 Å². The lowest BCUT2D eigenvalue weighted by Gasteiger charge is -2.26. The van der Waals surface area contributed by atoms with Gasteiger partial charge in [0, 0.05) is 20.3 Å². The fourth-order valence-electron chi connectivity index (χ4n) is 1.52. The maximum atomic E-state index is 5.70. The molecular weight excluding hydrogens is 220 g/mol. The molecule has 1 heterocycles.